The zero-order chi connectivity index (χ0) is 16.4. The van der Waals surface area contributed by atoms with Crippen molar-refractivity contribution in [3.8, 4) is 6.07 Å². The second kappa shape index (κ2) is 4.81. The first kappa shape index (κ1) is 15.2. The molecule has 0 aromatic rings. The van der Waals surface area contributed by atoms with Crippen LogP contribution in [0.5, 0.6) is 0 Å². The van der Waals surface area contributed by atoms with E-state index >= 15 is 0 Å². The Balaban J connectivity index is 1.56. The SMILES string of the molecule is CC1(C(N)C(=O)N2[C@H](C#N)C[C@@H]3C[C@@H]32)CC2C=CCC(O)(C2)C1. The summed E-state index contributed by atoms with van der Waals surface area (Å²) in [4.78, 5) is 14.8. The normalized spacial score (nSPS) is 48.5. The molecule has 2 bridgehead atoms. The average molecular weight is 315 g/mol. The van der Waals surface area contributed by atoms with Crippen LogP contribution in [0.1, 0.15) is 45.4 Å². The van der Waals surface area contributed by atoms with Crippen molar-refractivity contribution < 1.29 is 9.90 Å². The number of hydrogen-bond donors (Lipinski definition) is 2. The quantitative estimate of drug-likeness (QED) is 0.752. The summed E-state index contributed by atoms with van der Waals surface area (Å²) in [5.41, 5.74) is 5.29. The first-order valence-corrected chi connectivity index (χ1v) is 8.72. The molecule has 5 heteroatoms. The number of carbonyl (C=O) groups is 1. The fraction of sp³-hybridized carbons (Fsp3) is 0.778. The van der Waals surface area contributed by atoms with Crippen LogP contribution in [-0.2, 0) is 4.79 Å². The maximum absolute atomic E-state index is 13.0. The lowest BCUT2D eigenvalue weighted by atomic mass is 9.59. The number of likely N-dealkylation sites (tertiary alicyclic amines) is 1. The van der Waals surface area contributed by atoms with Gasteiger partial charge in [0.05, 0.1) is 17.7 Å². The molecule has 0 aromatic carbocycles. The molecule has 1 aliphatic heterocycles. The first-order chi connectivity index (χ1) is 10.9. The second-order valence-electron chi connectivity index (χ2n) is 8.52. The van der Waals surface area contributed by atoms with E-state index in [9.17, 15) is 15.2 Å². The minimum atomic E-state index is -0.730. The number of nitrogens with two attached hydrogens (primary N) is 1. The van der Waals surface area contributed by atoms with E-state index in [-0.39, 0.29) is 18.0 Å². The van der Waals surface area contributed by atoms with Crippen LogP contribution in [0.4, 0.5) is 0 Å². The van der Waals surface area contributed by atoms with Gasteiger partial charge in [0.25, 0.3) is 0 Å². The standard InChI is InChI=1S/C18H25N3O2/c1-17(7-11-3-2-4-18(23,8-11)10-17)15(20)16(22)21-13(9-19)5-12-6-14(12)21/h2-3,11-15,23H,4-8,10,20H2,1H3/t11?,12-,13+,14+,15?,17?,18?/m1/s1. The maximum atomic E-state index is 13.0. The van der Waals surface area contributed by atoms with Crippen molar-refractivity contribution in [1.82, 2.24) is 4.90 Å². The number of nitrogens with zero attached hydrogens (tertiary/aromatic N) is 2. The van der Waals surface area contributed by atoms with Crippen LogP contribution in [-0.4, -0.2) is 39.6 Å². The van der Waals surface area contributed by atoms with E-state index in [0.717, 1.165) is 25.7 Å². The highest BCUT2D eigenvalue weighted by atomic mass is 16.3. The molecule has 3 aliphatic carbocycles. The zero-order valence-corrected chi connectivity index (χ0v) is 13.6. The first-order valence-electron chi connectivity index (χ1n) is 8.72. The van der Waals surface area contributed by atoms with Crippen LogP contribution in [0.2, 0.25) is 0 Å². The van der Waals surface area contributed by atoms with Crippen molar-refractivity contribution in [2.45, 2.75) is 69.2 Å². The summed E-state index contributed by atoms with van der Waals surface area (Å²) in [5, 5.41) is 20.1. The minimum absolute atomic E-state index is 0.0865. The van der Waals surface area contributed by atoms with E-state index < -0.39 is 17.1 Å². The molecule has 1 saturated heterocycles. The number of aliphatic hydroxyl groups is 1. The number of amides is 1. The molecule has 3 N–H and O–H groups in total. The molecule has 3 fully saturated rings. The lowest BCUT2D eigenvalue weighted by Crippen LogP contribution is -2.59. The van der Waals surface area contributed by atoms with E-state index in [2.05, 4.69) is 18.2 Å². The fourth-order valence-corrected chi connectivity index (χ4v) is 5.41. The fourth-order valence-electron chi connectivity index (χ4n) is 5.41. The third-order valence-electron chi connectivity index (χ3n) is 6.53. The summed E-state index contributed by atoms with van der Waals surface area (Å²) in [7, 11) is 0. The Kier molecular flexibility index (Phi) is 3.17. The highest BCUT2D eigenvalue weighted by Gasteiger charge is 2.57. The molecule has 1 amide bonds. The number of rotatable bonds is 2. The van der Waals surface area contributed by atoms with Gasteiger partial charge in [0.15, 0.2) is 0 Å². The highest BCUT2D eigenvalue weighted by molar-refractivity contribution is 5.84. The highest BCUT2D eigenvalue weighted by Crippen LogP contribution is 2.52. The van der Waals surface area contributed by atoms with Gasteiger partial charge in [-0.1, -0.05) is 19.1 Å². The van der Waals surface area contributed by atoms with Crippen molar-refractivity contribution in [2.75, 3.05) is 0 Å². The van der Waals surface area contributed by atoms with Crippen molar-refractivity contribution in [1.29, 1.82) is 5.26 Å². The number of nitriles is 1. The lowest BCUT2D eigenvalue weighted by Gasteiger charge is -2.50. The molecule has 0 spiro atoms. The molecular weight excluding hydrogens is 290 g/mol. The van der Waals surface area contributed by atoms with Gasteiger partial charge in [0.2, 0.25) is 5.91 Å². The van der Waals surface area contributed by atoms with Crippen LogP contribution >= 0.6 is 0 Å². The van der Waals surface area contributed by atoms with E-state index in [1.165, 1.54) is 0 Å². The van der Waals surface area contributed by atoms with Crippen molar-refractivity contribution >= 4 is 5.91 Å². The largest absolute Gasteiger partial charge is 0.390 e. The Labute approximate surface area is 137 Å². The van der Waals surface area contributed by atoms with E-state index in [0.29, 0.717) is 24.7 Å². The van der Waals surface area contributed by atoms with Gasteiger partial charge in [-0.2, -0.15) is 5.26 Å². The van der Waals surface area contributed by atoms with Crippen LogP contribution in [0.3, 0.4) is 0 Å². The molecule has 5 nitrogen and oxygen atoms in total. The number of allylic oxidation sites excluding steroid dienone is 1. The van der Waals surface area contributed by atoms with Gasteiger partial charge in [-0.05, 0) is 55.8 Å². The summed E-state index contributed by atoms with van der Waals surface area (Å²) >= 11 is 0. The van der Waals surface area contributed by atoms with Gasteiger partial charge in [0.1, 0.15) is 6.04 Å². The Morgan fingerprint density at radius 3 is 2.96 bits per heavy atom. The number of piperidine rings is 1. The number of carbonyl (C=O) groups excluding carboxylic acids is 1. The Morgan fingerprint density at radius 2 is 2.26 bits per heavy atom. The van der Waals surface area contributed by atoms with Crippen molar-refractivity contribution in [3.05, 3.63) is 12.2 Å². The lowest BCUT2D eigenvalue weighted by molar-refractivity contribution is -0.140. The average Bonchev–Trinajstić information content (AvgIpc) is 3.14. The van der Waals surface area contributed by atoms with Crippen LogP contribution in [0, 0.1) is 28.6 Å². The Bertz CT molecular complexity index is 612. The molecule has 4 aliphatic rings. The third-order valence-corrected chi connectivity index (χ3v) is 6.53. The van der Waals surface area contributed by atoms with Crippen molar-refractivity contribution in [2.24, 2.45) is 23.0 Å². The van der Waals surface area contributed by atoms with Gasteiger partial charge >= 0.3 is 0 Å². The van der Waals surface area contributed by atoms with E-state index in [1.807, 2.05) is 6.92 Å². The predicted octanol–water partition coefficient (Wildman–Crippen LogP) is 1.32. The summed E-state index contributed by atoms with van der Waals surface area (Å²) in [6, 6.07) is 1.54. The molecule has 0 aromatic heterocycles. The summed E-state index contributed by atoms with van der Waals surface area (Å²) in [5.74, 6) is 0.712. The van der Waals surface area contributed by atoms with Gasteiger partial charge < -0.3 is 15.7 Å². The Hall–Kier alpha value is -1.38. The maximum Gasteiger partial charge on any atom is 0.241 e. The monoisotopic (exact) mass is 315 g/mol. The van der Waals surface area contributed by atoms with Crippen molar-refractivity contribution in [3.63, 3.8) is 0 Å². The number of fused-ring (bicyclic) bond motifs is 3. The van der Waals surface area contributed by atoms with Crippen LogP contribution < -0.4 is 5.73 Å². The van der Waals surface area contributed by atoms with Gasteiger partial charge in [-0.25, -0.2) is 0 Å². The minimum Gasteiger partial charge on any atom is -0.390 e. The topological polar surface area (TPSA) is 90.4 Å². The third kappa shape index (κ3) is 2.31. The molecule has 7 atom stereocenters. The van der Waals surface area contributed by atoms with E-state index in [1.54, 1.807) is 4.90 Å². The Morgan fingerprint density at radius 1 is 1.48 bits per heavy atom. The number of hydrogen-bond acceptors (Lipinski definition) is 4. The smallest absolute Gasteiger partial charge is 0.241 e. The van der Waals surface area contributed by atoms with Gasteiger partial charge in [-0.3, -0.25) is 4.79 Å². The summed E-state index contributed by atoms with van der Waals surface area (Å²) in [6.07, 6.45) is 8.85. The second-order valence-corrected chi connectivity index (χ2v) is 8.52. The molecule has 124 valence electrons. The van der Waals surface area contributed by atoms with E-state index in [4.69, 9.17) is 5.73 Å². The molecule has 4 rings (SSSR count). The zero-order valence-electron chi connectivity index (χ0n) is 13.6. The molecule has 2 saturated carbocycles. The molecule has 4 unspecified atom stereocenters. The molecule has 0 radical (unpaired) electrons. The summed E-state index contributed by atoms with van der Waals surface area (Å²) < 4.78 is 0. The van der Waals surface area contributed by atoms with Gasteiger partial charge in [0, 0.05) is 6.04 Å². The predicted molar refractivity (Wildman–Crippen MR) is 84.9 cm³/mol. The summed E-state index contributed by atoms with van der Waals surface area (Å²) in [6.45, 7) is 2.04. The molecular formula is C18H25N3O2. The molecule has 23 heavy (non-hydrogen) atoms. The van der Waals surface area contributed by atoms with Crippen LogP contribution in [0.15, 0.2) is 12.2 Å². The van der Waals surface area contributed by atoms with Crippen LogP contribution in [0.25, 0.3) is 0 Å². The molecule has 1 heterocycles. The van der Waals surface area contributed by atoms with Gasteiger partial charge in [-0.15, -0.1) is 0 Å².